The van der Waals surface area contributed by atoms with Crippen LogP contribution in [-0.4, -0.2) is 33.1 Å². The lowest BCUT2D eigenvalue weighted by Crippen LogP contribution is -2.22. The molecule has 0 spiro atoms. The Bertz CT molecular complexity index is 762. The van der Waals surface area contributed by atoms with Crippen molar-refractivity contribution < 1.29 is 23.8 Å². The Morgan fingerprint density at radius 2 is 1.50 bits per heavy atom. The number of anilines is 1. The standard InChI is InChI=1S/C19H22N2O5/c1-12(22)21-15-7-5-14(6-8-15)19(23)20-11-13-9-16(24-2)18(26-4)17(10-13)25-3/h5-10H,11H2,1-4H3,(H,20,23)(H,21,22). The molecule has 0 radical (unpaired) electrons. The van der Waals surface area contributed by atoms with E-state index >= 15 is 0 Å². The SMILES string of the molecule is COc1cc(CNC(=O)c2ccc(NC(C)=O)cc2)cc(OC)c1OC. The summed E-state index contributed by atoms with van der Waals surface area (Å²) in [5.41, 5.74) is 1.94. The monoisotopic (exact) mass is 358 g/mol. The van der Waals surface area contributed by atoms with E-state index in [0.717, 1.165) is 5.56 Å². The minimum Gasteiger partial charge on any atom is -0.493 e. The largest absolute Gasteiger partial charge is 0.493 e. The van der Waals surface area contributed by atoms with Gasteiger partial charge in [0.05, 0.1) is 21.3 Å². The molecule has 2 N–H and O–H groups in total. The summed E-state index contributed by atoms with van der Waals surface area (Å²) in [5.74, 6) is 1.16. The van der Waals surface area contributed by atoms with E-state index in [-0.39, 0.29) is 11.8 Å². The van der Waals surface area contributed by atoms with Gasteiger partial charge >= 0.3 is 0 Å². The van der Waals surface area contributed by atoms with Gasteiger partial charge in [-0.05, 0) is 42.0 Å². The highest BCUT2D eigenvalue weighted by molar-refractivity contribution is 5.95. The Balaban J connectivity index is 2.08. The van der Waals surface area contributed by atoms with Gasteiger partial charge < -0.3 is 24.8 Å². The summed E-state index contributed by atoms with van der Waals surface area (Å²) in [6, 6.07) is 10.2. The van der Waals surface area contributed by atoms with Gasteiger partial charge in [0.25, 0.3) is 5.91 Å². The van der Waals surface area contributed by atoms with Crippen molar-refractivity contribution in [3.05, 3.63) is 47.5 Å². The van der Waals surface area contributed by atoms with Crippen molar-refractivity contribution in [2.75, 3.05) is 26.6 Å². The predicted molar refractivity (Wildman–Crippen MR) is 98.0 cm³/mol. The summed E-state index contributed by atoms with van der Waals surface area (Å²) in [6.45, 7) is 1.72. The summed E-state index contributed by atoms with van der Waals surface area (Å²) < 4.78 is 15.9. The Labute approximate surface area is 152 Å². The molecule has 26 heavy (non-hydrogen) atoms. The van der Waals surface area contributed by atoms with Gasteiger partial charge in [0.2, 0.25) is 11.7 Å². The summed E-state index contributed by atoms with van der Waals surface area (Å²) in [4.78, 5) is 23.3. The van der Waals surface area contributed by atoms with E-state index in [0.29, 0.717) is 35.0 Å². The van der Waals surface area contributed by atoms with Crippen molar-refractivity contribution in [3.63, 3.8) is 0 Å². The maximum atomic E-state index is 12.3. The first-order valence-corrected chi connectivity index (χ1v) is 7.93. The Hall–Kier alpha value is -3.22. The van der Waals surface area contributed by atoms with Gasteiger partial charge in [0, 0.05) is 24.7 Å². The fourth-order valence-electron chi connectivity index (χ4n) is 2.43. The number of hydrogen-bond acceptors (Lipinski definition) is 5. The average Bonchev–Trinajstić information content (AvgIpc) is 2.65. The minimum absolute atomic E-state index is 0.162. The van der Waals surface area contributed by atoms with E-state index in [1.165, 1.54) is 28.3 Å². The van der Waals surface area contributed by atoms with Crippen LogP contribution in [0.2, 0.25) is 0 Å². The maximum absolute atomic E-state index is 12.3. The van der Waals surface area contributed by atoms with Gasteiger partial charge in [-0.2, -0.15) is 0 Å². The van der Waals surface area contributed by atoms with Gasteiger partial charge in [0.1, 0.15) is 0 Å². The molecule has 138 valence electrons. The molecule has 2 aromatic carbocycles. The number of benzene rings is 2. The Morgan fingerprint density at radius 3 is 1.96 bits per heavy atom. The third-order valence-corrected chi connectivity index (χ3v) is 3.65. The zero-order chi connectivity index (χ0) is 19.1. The smallest absolute Gasteiger partial charge is 0.251 e. The molecule has 2 aromatic rings. The van der Waals surface area contributed by atoms with Crippen LogP contribution >= 0.6 is 0 Å². The van der Waals surface area contributed by atoms with Crippen molar-refractivity contribution in [3.8, 4) is 17.2 Å². The molecular formula is C19H22N2O5. The van der Waals surface area contributed by atoms with E-state index in [2.05, 4.69) is 10.6 Å². The summed E-state index contributed by atoms with van der Waals surface area (Å²) >= 11 is 0. The molecule has 0 aliphatic carbocycles. The first-order chi connectivity index (χ1) is 12.5. The van der Waals surface area contributed by atoms with E-state index in [1.54, 1.807) is 36.4 Å². The van der Waals surface area contributed by atoms with E-state index in [9.17, 15) is 9.59 Å². The molecule has 0 unspecified atom stereocenters. The molecule has 0 bridgehead atoms. The molecule has 0 saturated carbocycles. The van der Waals surface area contributed by atoms with Gasteiger partial charge in [-0.1, -0.05) is 0 Å². The Morgan fingerprint density at radius 1 is 0.923 bits per heavy atom. The van der Waals surface area contributed by atoms with Crippen molar-refractivity contribution in [2.45, 2.75) is 13.5 Å². The molecule has 0 aromatic heterocycles. The normalized spacial score (nSPS) is 10.0. The zero-order valence-electron chi connectivity index (χ0n) is 15.2. The lowest BCUT2D eigenvalue weighted by atomic mass is 10.1. The molecule has 0 atom stereocenters. The van der Waals surface area contributed by atoms with Gasteiger partial charge in [0.15, 0.2) is 11.5 Å². The molecule has 0 fully saturated rings. The third kappa shape index (κ3) is 4.66. The number of hydrogen-bond donors (Lipinski definition) is 2. The highest BCUT2D eigenvalue weighted by Crippen LogP contribution is 2.38. The second-order valence-corrected chi connectivity index (χ2v) is 5.47. The minimum atomic E-state index is -0.229. The number of ether oxygens (including phenoxy) is 3. The van der Waals surface area contributed by atoms with Crippen LogP contribution in [0.1, 0.15) is 22.8 Å². The highest BCUT2D eigenvalue weighted by Gasteiger charge is 2.14. The fraction of sp³-hybridized carbons (Fsp3) is 0.263. The molecule has 0 heterocycles. The van der Waals surface area contributed by atoms with Gasteiger partial charge in [-0.15, -0.1) is 0 Å². The lowest BCUT2D eigenvalue weighted by molar-refractivity contribution is -0.114. The quantitative estimate of drug-likeness (QED) is 0.795. The lowest BCUT2D eigenvalue weighted by Gasteiger charge is -2.14. The molecule has 2 amide bonds. The van der Waals surface area contributed by atoms with E-state index in [4.69, 9.17) is 14.2 Å². The molecule has 7 nitrogen and oxygen atoms in total. The highest BCUT2D eigenvalue weighted by atomic mass is 16.5. The first kappa shape index (κ1) is 19.1. The van der Waals surface area contributed by atoms with Crippen molar-refractivity contribution in [1.29, 1.82) is 0 Å². The van der Waals surface area contributed by atoms with Crippen LogP contribution in [0.4, 0.5) is 5.69 Å². The number of rotatable bonds is 7. The van der Waals surface area contributed by atoms with Crippen molar-refractivity contribution in [1.82, 2.24) is 5.32 Å². The average molecular weight is 358 g/mol. The zero-order valence-corrected chi connectivity index (χ0v) is 15.2. The first-order valence-electron chi connectivity index (χ1n) is 7.93. The third-order valence-electron chi connectivity index (χ3n) is 3.65. The topological polar surface area (TPSA) is 85.9 Å². The maximum Gasteiger partial charge on any atom is 0.251 e. The summed E-state index contributed by atoms with van der Waals surface area (Å²) in [5, 5.41) is 5.49. The number of carbonyl (C=O) groups is 2. The number of carbonyl (C=O) groups excluding carboxylic acids is 2. The van der Waals surface area contributed by atoms with E-state index < -0.39 is 0 Å². The molecule has 7 heteroatoms. The molecule has 0 aliphatic rings. The summed E-state index contributed by atoms with van der Waals surface area (Å²) in [6.07, 6.45) is 0. The van der Waals surface area contributed by atoms with Gasteiger partial charge in [-0.3, -0.25) is 9.59 Å². The number of methoxy groups -OCH3 is 3. The van der Waals surface area contributed by atoms with Crippen LogP contribution in [-0.2, 0) is 11.3 Å². The second-order valence-electron chi connectivity index (χ2n) is 5.47. The molecule has 0 aliphatic heterocycles. The number of nitrogens with one attached hydrogen (secondary N) is 2. The van der Waals surface area contributed by atoms with Crippen LogP contribution in [0, 0.1) is 0 Å². The molecular weight excluding hydrogens is 336 g/mol. The predicted octanol–water partition coefficient (Wildman–Crippen LogP) is 2.60. The van der Waals surface area contributed by atoms with Crippen LogP contribution in [0.3, 0.4) is 0 Å². The number of amides is 2. The second kappa shape index (κ2) is 8.75. The van der Waals surface area contributed by atoms with Crippen LogP contribution in [0.15, 0.2) is 36.4 Å². The Kier molecular flexibility index (Phi) is 6.43. The molecule has 2 rings (SSSR count). The van der Waals surface area contributed by atoms with Gasteiger partial charge in [-0.25, -0.2) is 0 Å². The van der Waals surface area contributed by atoms with E-state index in [1.807, 2.05) is 0 Å². The van der Waals surface area contributed by atoms with Crippen LogP contribution in [0.25, 0.3) is 0 Å². The summed E-state index contributed by atoms with van der Waals surface area (Å²) in [7, 11) is 4.61. The molecule has 0 saturated heterocycles. The van der Waals surface area contributed by atoms with Crippen LogP contribution < -0.4 is 24.8 Å². The fourth-order valence-corrected chi connectivity index (χ4v) is 2.43. The van der Waals surface area contributed by atoms with Crippen molar-refractivity contribution in [2.24, 2.45) is 0 Å². The van der Waals surface area contributed by atoms with Crippen molar-refractivity contribution >= 4 is 17.5 Å². The van der Waals surface area contributed by atoms with Crippen LogP contribution in [0.5, 0.6) is 17.2 Å².